The third kappa shape index (κ3) is 72.1. The molecule has 3 N–H and O–H groups in total. The first kappa shape index (κ1) is 95.7. The summed E-state index contributed by atoms with van der Waals surface area (Å²) < 4.78 is 68.4. The maximum Gasteiger partial charge on any atom is 0.472 e. The lowest BCUT2D eigenvalue weighted by Crippen LogP contribution is -2.30. The number of rotatable bonds is 73. The van der Waals surface area contributed by atoms with Gasteiger partial charge in [0.25, 0.3) is 0 Å². The van der Waals surface area contributed by atoms with E-state index in [4.69, 9.17) is 37.0 Å². The zero-order valence-corrected chi connectivity index (χ0v) is 64.6. The van der Waals surface area contributed by atoms with Crippen LogP contribution in [0, 0.1) is 0 Å². The van der Waals surface area contributed by atoms with Crippen molar-refractivity contribution in [3.8, 4) is 0 Å². The van der Waals surface area contributed by atoms with Crippen LogP contribution >= 0.6 is 15.6 Å². The number of phosphoric acid groups is 2. The zero-order valence-electron chi connectivity index (χ0n) is 62.8. The molecule has 0 radical (unpaired) electrons. The third-order valence-corrected chi connectivity index (χ3v) is 18.2. The normalized spacial score (nSPS) is 14.5. The van der Waals surface area contributed by atoms with Crippen LogP contribution in [0.5, 0.6) is 0 Å². The summed E-state index contributed by atoms with van der Waals surface area (Å²) in [4.78, 5) is 72.8. The van der Waals surface area contributed by atoms with E-state index in [9.17, 15) is 43.2 Å². The highest BCUT2D eigenvalue weighted by atomic mass is 31.2. The molecule has 0 aromatic rings. The molecule has 0 fully saturated rings. The molecule has 0 saturated carbocycles. The molecule has 576 valence electrons. The number of aliphatic hydroxyl groups excluding tert-OH is 1. The second-order valence-electron chi connectivity index (χ2n) is 25.9. The average molecular weight is 1450 g/mol. The van der Waals surface area contributed by atoms with Crippen LogP contribution in [0.4, 0.5) is 0 Å². The van der Waals surface area contributed by atoms with Crippen molar-refractivity contribution in [2.75, 3.05) is 39.6 Å². The highest BCUT2D eigenvalue weighted by Crippen LogP contribution is 2.45. The Morgan fingerprint density at radius 3 is 0.910 bits per heavy atom. The van der Waals surface area contributed by atoms with E-state index in [0.717, 1.165) is 148 Å². The lowest BCUT2D eigenvalue weighted by atomic mass is 10.0. The van der Waals surface area contributed by atoms with E-state index in [2.05, 4.69) is 113 Å². The molecular weight excluding hydrogens is 1310 g/mol. The van der Waals surface area contributed by atoms with Gasteiger partial charge in [0.1, 0.15) is 19.3 Å². The van der Waals surface area contributed by atoms with Gasteiger partial charge in [-0.25, -0.2) is 9.13 Å². The van der Waals surface area contributed by atoms with Gasteiger partial charge < -0.3 is 33.8 Å². The van der Waals surface area contributed by atoms with Gasteiger partial charge in [0.15, 0.2) is 12.2 Å². The molecule has 19 heteroatoms. The fourth-order valence-electron chi connectivity index (χ4n) is 10.4. The number of carbonyl (C=O) groups is 4. The predicted octanol–water partition coefficient (Wildman–Crippen LogP) is 22.6. The first-order valence-corrected chi connectivity index (χ1v) is 42.1. The highest BCUT2D eigenvalue weighted by molar-refractivity contribution is 7.47. The first-order valence-electron chi connectivity index (χ1n) is 39.1. The summed E-state index contributed by atoms with van der Waals surface area (Å²) in [6.45, 7) is 4.53. The number of carbonyl (C=O) groups excluding carboxylic acids is 4. The lowest BCUT2D eigenvalue weighted by molar-refractivity contribution is -0.161. The van der Waals surface area contributed by atoms with Crippen LogP contribution in [0.3, 0.4) is 0 Å². The third-order valence-electron chi connectivity index (χ3n) is 16.3. The fourth-order valence-corrected chi connectivity index (χ4v) is 11.9. The molecule has 0 rings (SSSR count). The number of unbranched alkanes of at least 4 members (excludes halogenated alkanes) is 30. The number of allylic oxidation sites excluding steroid dienone is 17. The number of phosphoric ester groups is 2. The van der Waals surface area contributed by atoms with E-state index in [1.54, 1.807) is 12.2 Å². The van der Waals surface area contributed by atoms with Gasteiger partial charge in [-0.05, 0) is 109 Å². The largest absolute Gasteiger partial charge is 0.472 e. The van der Waals surface area contributed by atoms with Crippen LogP contribution in [0.15, 0.2) is 109 Å². The summed E-state index contributed by atoms with van der Waals surface area (Å²) in [5.41, 5.74) is 0. The van der Waals surface area contributed by atoms with Crippen molar-refractivity contribution >= 4 is 39.5 Å². The average Bonchev–Trinajstić information content (AvgIpc) is 0.932. The van der Waals surface area contributed by atoms with E-state index in [-0.39, 0.29) is 25.7 Å². The van der Waals surface area contributed by atoms with Crippen molar-refractivity contribution in [3.63, 3.8) is 0 Å². The van der Waals surface area contributed by atoms with Gasteiger partial charge in [-0.15, -0.1) is 0 Å². The van der Waals surface area contributed by atoms with Crippen LogP contribution in [0.25, 0.3) is 0 Å². The topological polar surface area (TPSA) is 237 Å². The van der Waals surface area contributed by atoms with Gasteiger partial charge in [0.2, 0.25) is 0 Å². The molecule has 5 atom stereocenters. The number of hydrogen-bond donors (Lipinski definition) is 3. The Hall–Kier alpha value is -4.28. The van der Waals surface area contributed by atoms with Crippen molar-refractivity contribution in [2.24, 2.45) is 0 Å². The van der Waals surface area contributed by atoms with Crippen LogP contribution in [-0.2, 0) is 65.4 Å². The predicted molar refractivity (Wildman–Crippen MR) is 408 cm³/mol. The number of hydrogen-bond acceptors (Lipinski definition) is 15. The Morgan fingerprint density at radius 1 is 0.300 bits per heavy atom. The highest BCUT2D eigenvalue weighted by Gasteiger charge is 2.30. The van der Waals surface area contributed by atoms with Crippen molar-refractivity contribution in [1.82, 2.24) is 0 Å². The van der Waals surface area contributed by atoms with Crippen molar-refractivity contribution < 1.29 is 80.2 Å². The molecule has 0 amide bonds. The van der Waals surface area contributed by atoms with Crippen molar-refractivity contribution in [2.45, 2.75) is 341 Å². The molecule has 0 heterocycles. The number of aliphatic hydroxyl groups is 1. The summed E-state index contributed by atoms with van der Waals surface area (Å²) in [5.74, 6) is -2.33. The maximum absolute atomic E-state index is 13.1. The van der Waals surface area contributed by atoms with E-state index in [0.29, 0.717) is 25.7 Å². The molecule has 100 heavy (non-hydrogen) atoms. The smallest absolute Gasteiger partial charge is 0.462 e. The number of esters is 4. The van der Waals surface area contributed by atoms with Gasteiger partial charge >= 0.3 is 39.5 Å². The quantitative estimate of drug-likeness (QED) is 0.0169. The van der Waals surface area contributed by atoms with E-state index < -0.39 is 97.5 Å². The van der Waals surface area contributed by atoms with Gasteiger partial charge in [0, 0.05) is 19.3 Å². The van der Waals surface area contributed by atoms with Crippen LogP contribution < -0.4 is 0 Å². The molecule has 0 bridgehead atoms. The summed E-state index contributed by atoms with van der Waals surface area (Å²) in [6, 6.07) is 0. The molecule has 0 aromatic carbocycles. The Morgan fingerprint density at radius 2 is 0.560 bits per heavy atom. The van der Waals surface area contributed by atoms with Gasteiger partial charge in [-0.1, -0.05) is 298 Å². The molecule has 0 spiro atoms. The van der Waals surface area contributed by atoms with E-state index >= 15 is 0 Å². The second-order valence-corrected chi connectivity index (χ2v) is 28.8. The molecule has 0 aliphatic rings. The van der Waals surface area contributed by atoms with Crippen LogP contribution in [0.2, 0.25) is 0 Å². The van der Waals surface area contributed by atoms with Gasteiger partial charge in [0.05, 0.1) is 32.8 Å². The monoisotopic (exact) mass is 1450 g/mol. The SMILES string of the molecule is CC/C=C\C/C=C\C/C=C\C/C=C\C/C=C\CC(=O)OC(COC(=O)CCCCCCCCC/C=C\C/C=C\C/C=C\CC)COP(=O)(O)OCC(O)COP(=O)(O)OCC(COC(=O)CCCCCCCCCCCCCCCCC)OC(=O)CCCCCCC/C=C\CCCCCC. The molecule has 5 unspecified atom stereocenters. The summed E-state index contributed by atoms with van der Waals surface area (Å²) in [6.07, 6.45) is 78.2. The first-order chi connectivity index (χ1) is 48.7. The summed E-state index contributed by atoms with van der Waals surface area (Å²) in [5, 5.41) is 10.6. The Balaban J connectivity index is 5.40. The molecule has 0 saturated heterocycles. The Bertz CT molecular complexity index is 2320. The van der Waals surface area contributed by atoms with Crippen molar-refractivity contribution in [1.29, 1.82) is 0 Å². The van der Waals surface area contributed by atoms with Gasteiger partial charge in [-0.2, -0.15) is 0 Å². The number of ether oxygens (including phenoxy) is 4. The fraction of sp³-hybridized carbons (Fsp3) is 0.728. The summed E-state index contributed by atoms with van der Waals surface area (Å²) >= 11 is 0. The van der Waals surface area contributed by atoms with E-state index in [1.807, 2.05) is 12.2 Å². The van der Waals surface area contributed by atoms with Crippen LogP contribution in [-0.4, -0.2) is 96.7 Å². The molecule has 0 aromatic heterocycles. The lowest BCUT2D eigenvalue weighted by Gasteiger charge is -2.21. The van der Waals surface area contributed by atoms with E-state index in [1.165, 1.54) is 96.3 Å². The Kier molecular flexibility index (Phi) is 69.9. The van der Waals surface area contributed by atoms with Gasteiger partial charge in [-0.3, -0.25) is 37.3 Å². The van der Waals surface area contributed by atoms with Crippen LogP contribution in [0.1, 0.15) is 323 Å². The zero-order chi connectivity index (χ0) is 73.2. The maximum atomic E-state index is 13.1. The summed E-state index contributed by atoms with van der Waals surface area (Å²) in [7, 11) is -9.98. The Labute approximate surface area is 607 Å². The van der Waals surface area contributed by atoms with Crippen molar-refractivity contribution in [3.05, 3.63) is 109 Å². The second kappa shape index (κ2) is 73.0. The molecule has 0 aliphatic heterocycles. The minimum atomic E-state index is -5.00. The molecule has 0 aliphatic carbocycles. The minimum Gasteiger partial charge on any atom is -0.462 e. The molecule has 17 nitrogen and oxygen atoms in total. The minimum absolute atomic E-state index is 0.0843. The molecular formula is C81H140O17P2. The standard InChI is InChI=1S/C81H140O17P2/c1-5-9-13-17-21-25-29-33-36-37-40-43-46-50-54-58-62-66-79(84)92-72-77(98-81(86)68-64-60-56-52-48-44-39-35-31-27-23-19-15-11-7-3)74-96-100(89,90)94-70-75(82)69-93-99(87,88)95-73-76(97-80(85)67-63-59-55-51-47-41-32-28-24-20-16-12-8-4)71-91-78(83)65-61-57-53-49-45-42-38-34-30-26-22-18-14-10-6-2/h9,11,13,15,21,23,25,27-28,32-33,35-36,39,48,52,60,64,75-77,82H,5-8,10,12,14,16-20,22,24,26,29-31,34,37-38,40-47,49-51,53-59,61-63,65-74H2,1-4H3,(H,87,88)(H,89,90)/b13-9-,15-11-,25-21-,27-23-,32-28-,36-33-,39-35-,52-48-,64-60-.